The van der Waals surface area contributed by atoms with Gasteiger partial charge in [0.15, 0.2) is 0 Å². The first-order valence-corrected chi connectivity index (χ1v) is 9.66. The second-order valence-electron chi connectivity index (χ2n) is 7.21. The van der Waals surface area contributed by atoms with Gasteiger partial charge in [0.05, 0.1) is 11.8 Å². The highest BCUT2D eigenvalue weighted by molar-refractivity contribution is 14.1. The van der Waals surface area contributed by atoms with Crippen LogP contribution in [0.15, 0.2) is 12.1 Å². The van der Waals surface area contributed by atoms with Gasteiger partial charge in [0.2, 0.25) is 11.8 Å². The van der Waals surface area contributed by atoms with Crippen LogP contribution in [0.25, 0.3) is 0 Å². The van der Waals surface area contributed by atoms with Crippen molar-refractivity contribution >= 4 is 34.5 Å². The van der Waals surface area contributed by atoms with E-state index in [1.807, 2.05) is 0 Å². The van der Waals surface area contributed by atoms with Crippen molar-refractivity contribution in [3.63, 3.8) is 0 Å². The Kier molecular flexibility index (Phi) is 8.28. The maximum absolute atomic E-state index is 11.9. The second-order valence-corrected chi connectivity index (χ2v) is 8.38. The van der Waals surface area contributed by atoms with Crippen LogP contribution in [0.3, 0.4) is 0 Å². The highest BCUT2D eigenvalue weighted by atomic mass is 127. The minimum atomic E-state index is -2.71. The van der Waals surface area contributed by atoms with E-state index in [4.69, 9.17) is 10.2 Å². The Bertz CT molecular complexity index is 660. The van der Waals surface area contributed by atoms with Gasteiger partial charge < -0.3 is 10.2 Å². The molecule has 0 amide bonds. The smallest absolute Gasteiger partial charge is 0.306 e. The molecule has 2 fully saturated rings. The maximum atomic E-state index is 11.9. The lowest BCUT2D eigenvalue weighted by Crippen LogP contribution is -2.39. The summed E-state index contributed by atoms with van der Waals surface area (Å²) in [7, 11) is 0. The first kappa shape index (κ1) is 24.6. The Morgan fingerprint density at radius 2 is 1.21 bits per heavy atom. The third-order valence-corrected chi connectivity index (χ3v) is 6.04. The predicted molar refractivity (Wildman–Crippen MR) is 104 cm³/mol. The van der Waals surface area contributed by atoms with Gasteiger partial charge in [-0.15, -0.1) is 0 Å². The van der Waals surface area contributed by atoms with Crippen molar-refractivity contribution in [2.75, 3.05) is 0 Å². The zero-order valence-corrected chi connectivity index (χ0v) is 17.9. The number of rotatable bonds is 2. The van der Waals surface area contributed by atoms with Crippen LogP contribution in [0.2, 0.25) is 0 Å². The van der Waals surface area contributed by atoms with Gasteiger partial charge in [-0.1, -0.05) is 6.07 Å². The number of alkyl halides is 4. The molecule has 0 unspecified atom stereocenters. The van der Waals surface area contributed by atoms with Gasteiger partial charge in [-0.25, -0.2) is 17.6 Å². The Labute approximate surface area is 174 Å². The van der Waals surface area contributed by atoms with Crippen LogP contribution in [0.1, 0.15) is 42.4 Å². The molecule has 0 atom stereocenters. The van der Waals surface area contributed by atoms with Crippen molar-refractivity contribution in [1.29, 1.82) is 0 Å². The molecule has 0 radical (unpaired) electrons. The predicted octanol–water partition coefficient (Wildman–Crippen LogP) is 5.45. The summed E-state index contributed by atoms with van der Waals surface area (Å²) in [6.07, 6.45) is -1.94. The average molecular weight is 518 g/mol. The van der Waals surface area contributed by atoms with E-state index in [0.29, 0.717) is 0 Å². The molecule has 2 saturated carbocycles. The van der Waals surface area contributed by atoms with Crippen LogP contribution in [0, 0.1) is 36.2 Å². The quantitative estimate of drug-likeness (QED) is 0.404. The van der Waals surface area contributed by atoms with E-state index in [2.05, 4.69) is 55.5 Å². The normalized spacial score (nSPS) is 19.7. The van der Waals surface area contributed by atoms with Crippen LogP contribution < -0.4 is 0 Å². The minimum Gasteiger partial charge on any atom is -0.481 e. The number of aryl methyl sites for hydroxylation is 1. The number of hydrogen-bond acceptors (Lipinski definition) is 2. The molecule has 0 bridgehead atoms. The molecule has 2 aliphatic carbocycles. The summed E-state index contributed by atoms with van der Waals surface area (Å²) < 4.78 is 48.9. The van der Waals surface area contributed by atoms with Crippen LogP contribution >= 0.6 is 22.6 Å². The van der Waals surface area contributed by atoms with Gasteiger partial charge in [0, 0.05) is 29.3 Å². The molecule has 0 aliphatic heterocycles. The van der Waals surface area contributed by atoms with Crippen LogP contribution in [0.4, 0.5) is 17.6 Å². The van der Waals surface area contributed by atoms with E-state index in [-0.39, 0.29) is 0 Å². The van der Waals surface area contributed by atoms with Crippen LogP contribution in [-0.2, 0) is 9.59 Å². The summed E-state index contributed by atoms with van der Waals surface area (Å²) in [6.45, 7) is 6.50. The van der Waals surface area contributed by atoms with E-state index in [1.165, 1.54) is 20.3 Å². The first-order valence-electron chi connectivity index (χ1n) is 8.59. The lowest BCUT2D eigenvalue weighted by molar-refractivity contribution is -0.166. The Hall–Kier alpha value is -1.39. The number of benzene rings is 1. The number of carboxylic acids is 2. The molecule has 0 saturated heterocycles. The molecule has 9 heteroatoms. The zero-order chi connectivity index (χ0) is 21.9. The number of hydrogen-bond donors (Lipinski definition) is 2. The lowest BCUT2D eigenvalue weighted by Gasteiger charge is -2.31. The van der Waals surface area contributed by atoms with E-state index in [1.54, 1.807) is 0 Å². The third-order valence-electron chi connectivity index (χ3n) is 4.87. The largest absolute Gasteiger partial charge is 0.481 e. The summed E-state index contributed by atoms with van der Waals surface area (Å²) in [4.78, 5) is 19.9. The highest BCUT2D eigenvalue weighted by Crippen LogP contribution is 2.42. The fraction of sp³-hybridized carbons (Fsp3) is 0.579. The van der Waals surface area contributed by atoms with Gasteiger partial charge in [-0.2, -0.15) is 0 Å². The van der Waals surface area contributed by atoms with Gasteiger partial charge in [0.1, 0.15) is 0 Å². The van der Waals surface area contributed by atoms with Gasteiger partial charge in [-0.3, -0.25) is 9.59 Å². The number of carbonyl (C=O) groups is 2. The average Bonchev–Trinajstić information content (AvgIpc) is 2.53. The van der Waals surface area contributed by atoms with Crippen molar-refractivity contribution in [2.45, 2.75) is 58.3 Å². The Morgan fingerprint density at radius 1 is 0.857 bits per heavy atom. The Morgan fingerprint density at radius 3 is 1.43 bits per heavy atom. The molecule has 4 nitrogen and oxygen atoms in total. The van der Waals surface area contributed by atoms with Crippen LogP contribution in [0.5, 0.6) is 0 Å². The number of halogens is 5. The molecule has 158 valence electrons. The minimum absolute atomic E-state index is 0.484. The molecule has 2 aliphatic rings. The second kappa shape index (κ2) is 9.41. The van der Waals surface area contributed by atoms with Crippen molar-refractivity contribution in [3.05, 3.63) is 32.4 Å². The standard InChI is InChI=1S/C9H11I.2C5H6F2O2/c1-6-4-5-9(10)8(3)7(6)2;2*6-5(7)1-3(2-5)4(8)9/h4-5H,1-3H3;2*3H,1-2H2,(H,8,9). The molecular formula is C19H23F4IO4. The third kappa shape index (κ3) is 7.21. The molecule has 28 heavy (non-hydrogen) atoms. The van der Waals surface area contributed by atoms with Crippen LogP contribution in [-0.4, -0.2) is 34.0 Å². The summed E-state index contributed by atoms with van der Waals surface area (Å²) in [5, 5.41) is 16.3. The summed E-state index contributed by atoms with van der Waals surface area (Å²) in [5.41, 5.74) is 4.23. The SMILES string of the molecule is Cc1ccc(I)c(C)c1C.O=C(O)C1CC(F)(F)C1.O=C(O)C1CC(F)(F)C1. The number of carboxylic acid groups (broad SMARTS) is 2. The zero-order valence-electron chi connectivity index (χ0n) is 15.7. The first-order chi connectivity index (χ1) is 12.6. The molecule has 0 heterocycles. The highest BCUT2D eigenvalue weighted by Gasteiger charge is 2.49. The van der Waals surface area contributed by atoms with E-state index in [9.17, 15) is 27.2 Å². The monoisotopic (exact) mass is 518 g/mol. The molecule has 3 rings (SSSR count). The molecule has 1 aromatic carbocycles. The van der Waals surface area contributed by atoms with E-state index < -0.39 is 61.3 Å². The molecular weight excluding hydrogens is 495 g/mol. The van der Waals surface area contributed by atoms with E-state index in [0.717, 1.165) is 0 Å². The summed E-state index contributed by atoms with van der Waals surface area (Å²) in [5.74, 6) is -9.24. The van der Waals surface area contributed by atoms with Gasteiger partial charge in [0.25, 0.3) is 0 Å². The molecule has 0 aromatic heterocycles. The molecule has 1 aromatic rings. The van der Waals surface area contributed by atoms with Crippen molar-refractivity contribution in [1.82, 2.24) is 0 Å². The topological polar surface area (TPSA) is 74.6 Å². The number of aliphatic carboxylic acids is 2. The fourth-order valence-electron chi connectivity index (χ4n) is 2.59. The molecule has 2 N–H and O–H groups in total. The van der Waals surface area contributed by atoms with Crippen molar-refractivity contribution in [3.8, 4) is 0 Å². The van der Waals surface area contributed by atoms with Crippen molar-refractivity contribution < 1.29 is 37.4 Å². The van der Waals surface area contributed by atoms with Gasteiger partial charge >= 0.3 is 11.9 Å². The van der Waals surface area contributed by atoms with Gasteiger partial charge in [-0.05, 0) is 66.1 Å². The summed E-state index contributed by atoms with van der Waals surface area (Å²) in [6, 6.07) is 4.34. The Balaban J connectivity index is 0.000000210. The fourth-order valence-corrected chi connectivity index (χ4v) is 3.18. The van der Waals surface area contributed by atoms with E-state index >= 15 is 0 Å². The lowest BCUT2D eigenvalue weighted by atomic mass is 9.82. The molecule has 0 spiro atoms. The van der Waals surface area contributed by atoms with Crippen molar-refractivity contribution in [2.24, 2.45) is 11.8 Å². The maximum Gasteiger partial charge on any atom is 0.306 e. The summed E-state index contributed by atoms with van der Waals surface area (Å²) >= 11 is 2.37.